The van der Waals surface area contributed by atoms with Crippen LogP contribution in [0.4, 0.5) is 0 Å². The zero-order valence-electron chi connectivity index (χ0n) is 12.2. The molecule has 0 radical (unpaired) electrons. The van der Waals surface area contributed by atoms with Crippen molar-refractivity contribution in [2.45, 2.75) is 37.6 Å². The second kappa shape index (κ2) is 5.80. The molecular formula is C19H23N. The summed E-state index contributed by atoms with van der Waals surface area (Å²) in [6.07, 6.45) is 3.72. The number of nitrogens with one attached hydrogen (secondary N) is 1. The van der Waals surface area contributed by atoms with E-state index in [0.717, 1.165) is 6.54 Å². The van der Waals surface area contributed by atoms with Crippen LogP contribution in [0.5, 0.6) is 0 Å². The topological polar surface area (TPSA) is 12.0 Å². The molecule has 1 nitrogen and oxygen atoms in total. The lowest BCUT2D eigenvalue weighted by Crippen LogP contribution is -2.30. The van der Waals surface area contributed by atoms with Crippen molar-refractivity contribution in [3.63, 3.8) is 0 Å². The Bertz CT molecular complexity index is 493. The Morgan fingerprint density at radius 2 is 1.50 bits per heavy atom. The van der Waals surface area contributed by atoms with E-state index in [1.165, 1.54) is 30.4 Å². The molecule has 1 atom stereocenters. The van der Waals surface area contributed by atoms with Crippen molar-refractivity contribution in [3.05, 3.63) is 71.8 Å². The average Bonchev–Trinajstić information content (AvgIpc) is 2.95. The molecule has 1 aliphatic heterocycles. The Labute approximate surface area is 122 Å². The van der Waals surface area contributed by atoms with Crippen LogP contribution in [0.2, 0.25) is 0 Å². The molecule has 2 aromatic carbocycles. The van der Waals surface area contributed by atoms with Crippen LogP contribution in [-0.2, 0) is 5.41 Å². The van der Waals surface area contributed by atoms with E-state index in [1.54, 1.807) is 0 Å². The van der Waals surface area contributed by atoms with Crippen molar-refractivity contribution in [2.24, 2.45) is 0 Å². The third-order valence-corrected chi connectivity index (χ3v) is 4.58. The van der Waals surface area contributed by atoms with E-state index in [0.29, 0.717) is 6.04 Å². The minimum atomic E-state index is 0.141. The van der Waals surface area contributed by atoms with Crippen LogP contribution in [-0.4, -0.2) is 12.6 Å². The maximum atomic E-state index is 3.75. The van der Waals surface area contributed by atoms with Gasteiger partial charge >= 0.3 is 0 Å². The molecular weight excluding hydrogens is 242 g/mol. The van der Waals surface area contributed by atoms with E-state index in [9.17, 15) is 0 Å². The SMILES string of the molecule is CCCC1CC(c2ccccc2)(c2ccccc2)CN1. The third-order valence-electron chi connectivity index (χ3n) is 4.58. The largest absolute Gasteiger partial charge is 0.313 e. The standard InChI is InChI=1S/C19H23N/c1-2-9-18-14-19(15-20-18,16-10-5-3-6-11-16)17-12-7-4-8-13-17/h3-8,10-13,18,20H,2,9,14-15H2,1H3. The fourth-order valence-corrected chi connectivity index (χ4v) is 3.56. The molecule has 1 aliphatic rings. The summed E-state index contributed by atoms with van der Waals surface area (Å²) in [5.41, 5.74) is 3.03. The van der Waals surface area contributed by atoms with Crippen molar-refractivity contribution in [2.75, 3.05) is 6.54 Å². The minimum absolute atomic E-state index is 0.141. The highest BCUT2D eigenvalue weighted by Gasteiger charge is 2.41. The van der Waals surface area contributed by atoms with E-state index in [-0.39, 0.29) is 5.41 Å². The first-order valence-corrected chi connectivity index (χ1v) is 7.69. The van der Waals surface area contributed by atoms with Gasteiger partial charge in [0.05, 0.1) is 0 Å². The first-order chi connectivity index (χ1) is 9.85. The van der Waals surface area contributed by atoms with E-state index in [1.807, 2.05) is 0 Å². The van der Waals surface area contributed by atoms with Gasteiger partial charge in [-0.05, 0) is 24.0 Å². The summed E-state index contributed by atoms with van der Waals surface area (Å²) >= 11 is 0. The van der Waals surface area contributed by atoms with Gasteiger partial charge in [-0.3, -0.25) is 0 Å². The van der Waals surface area contributed by atoms with Gasteiger partial charge in [-0.2, -0.15) is 0 Å². The Kier molecular flexibility index (Phi) is 3.88. The summed E-state index contributed by atoms with van der Waals surface area (Å²) in [7, 11) is 0. The first-order valence-electron chi connectivity index (χ1n) is 7.69. The van der Waals surface area contributed by atoms with Gasteiger partial charge in [-0.15, -0.1) is 0 Å². The van der Waals surface area contributed by atoms with Crippen LogP contribution in [0.1, 0.15) is 37.3 Å². The van der Waals surface area contributed by atoms with Gasteiger partial charge < -0.3 is 5.32 Å². The first kappa shape index (κ1) is 13.4. The molecule has 0 aliphatic carbocycles. The van der Waals surface area contributed by atoms with Gasteiger partial charge in [0.2, 0.25) is 0 Å². The highest BCUT2D eigenvalue weighted by Crippen LogP contribution is 2.40. The number of hydrogen-bond acceptors (Lipinski definition) is 1. The molecule has 1 heteroatoms. The molecule has 0 bridgehead atoms. The van der Waals surface area contributed by atoms with Gasteiger partial charge in [0.15, 0.2) is 0 Å². The second-order valence-corrected chi connectivity index (χ2v) is 5.88. The Hall–Kier alpha value is -1.60. The van der Waals surface area contributed by atoms with Crippen LogP contribution in [0.25, 0.3) is 0 Å². The Morgan fingerprint density at radius 3 is 2.00 bits per heavy atom. The predicted molar refractivity (Wildman–Crippen MR) is 85.0 cm³/mol. The van der Waals surface area contributed by atoms with Gasteiger partial charge in [-0.25, -0.2) is 0 Å². The minimum Gasteiger partial charge on any atom is -0.313 e. The van der Waals surface area contributed by atoms with Crippen LogP contribution >= 0.6 is 0 Å². The van der Waals surface area contributed by atoms with Crippen LogP contribution in [0, 0.1) is 0 Å². The fourth-order valence-electron chi connectivity index (χ4n) is 3.56. The normalized spacial score (nSPS) is 20.9. The molecule has 0 saturated carbocycles. The summed E-state index contributed by atoms with van der Waals surface area (Å²) in [5.74, 6) is 0. The van der Waals surface area contributed by atoms with Crippen molar-refractivity contribution in [1.82, 2.24) is 5.32 Å². The predicted octanol–water partition coefficient (Wildman–Crippen LogP) is 4.13. The van der Waals surface area contributed by atoms with E-state index < -0.39 is 0 Å². The average molecular weight is 265 g/mol. The fraction of sp³-hybridized carbons (Fsp3) is 0.368. The number of hydrogen-bond donors (Lipinski definition) is 1. The summed E-state index contributed by atoms with van der Waals surface area (Å²) in [4.78, 5) is 0. The molecule has 1 saturated heterocycles. The zero-order valence-corrected chi connectivity index (χ0v) is 12.2. The molecule has 1 unspecified atom stereocenters. The highest BCUT2D eigenvalue weighted by molar-refractivity contribution is 5.41. The molecule has 3 rings (SSSR count). The quantitative estimate of drug-likeness (QED) is 0.876. The summed E-state index contributed by atoms with van der Waals surface area (Å²) < 4.78 is 0. The lowest BCUT2D eigenvalue weighted by atomic mass is 9.72. The Balaban J connectivity index is 2.01. The maximum absolute atomic E-state index is 3.75. The summed E-state index contributed by atoms with van der Waals surface area (Å²) in [5, 5.41) is 3.75. The van der Waals surface area contributed by atoms with Gasteiger partial charge in [0.1, 0.15) is 0 Å². The van der Waals surface area contributed by atoms with Crippen molar-refractivity contribution in [1.29, 1.82) is 0 Å². The molecule has 104 valence electrons. The molecule has 0 amide bonds. The molecule has 2 aromatic rings. The summed E-state index contributed by atoms with van der Waals surface area (Å²) in [6.45, 7) is 3.32. The molecule has 1 heterocycles. The maximum Gasteiger partial charge on any atom is 0.0342 e. The van der Waals surface area contributed by atoms with E-state index >= 15 is 0 Å². The molecule has 1 N–H and O–H groups in total. The smallest absolute Gasteiger partial charge is 0.0342 e. The van der Waals surface area contributed by atoms with Crippen molar-refractivity contribution >= 4 is 0 Å². The molecule has 1 fully saturated rings. The molecule has 20 heavy (non-hydrogen) atoms. The van der Waals surface area contributed by atoms with Crippen LogP contribution < -0.4 is 5.32 Å². The van der Waals surface area contributed by atoms with Gasteiger partial charge in [0.25, 0.3) is 0 Å². The van der Waals surface area contributed by atoms with Crippen LogP contribution in [0.3, 0.4) is 0 Å². The summed E-state index contributed by atoms with van der Waals surface area (Å²) in [6, 6.07) is 22.6. The second-order valence-electron chi connectivity index (χ2n) is 5.88. The lowest BCUT2D eigenvalue weighted by Gasteiger charge is -2.30. The van der Waals surface area contributed by atoms with Crippen molar-refractivity contribution < 1.29 is 0 Å². The van der Waals surface area contributed by atoms with E-state index in [4.69, 9.17) is 0 Å². The van der Waals surface area contributed by atoms with Crippen LogP contribution in [0.15, 0.2) is 60.7 Å². The number of rotatable bonds is 4. The zero-order chi connectivity index (χ0) is 13.8. The van der Waals surface area contributed by atoms with Gasteiger partial charge in [-0.1, -0.05) is 74.0 Å². The number of benzene rings is 2. The van der Waals surface area contributed by atoms with Crippen molar-refractivity contribution in [3.8, 4) is 0 Å². The molecule has 0 aromatic heterocycles. The van der Waals surface area contributed by atoms with Gasteiger partial charge in [0, 0.05) is 18.0 Å². The Morgan fingerprint density at radius 1 is 0.950 bits per heavy atom. The highest BCUT2D eigenvalue weighted by atomic mass is 15.0. The van der Waals surface area contributed by atoms with E-state index in [2.05, 4.69) is 72.9 Å². The third kappa shape index (κ3) is 2.38. The molecule has 0 spiro atoms. The lowest BCUT2D eigenvalue weighted by molar-refractivity contribution is 0.515. The monoisotopic (exact) mass is 265 g/mol.